The lowest BCUT2D eigenvalue weighted by atomic mass is 10.2. The Morgan fingerprint density at radius 2 is 2.08 bits per heavy atom. The molecule has 130 valence electrons. The van der Waals surface area contributed by atoms with Crippen LogP contribution in [0.5, 0.6) is 0 Å². The van der Waals surface area contributed by atoms with Crippen LogP contribution in [0, 0.1) is 0 Å². The number of pyridine rings is 1. The van der Waals surface area contributed by atoms with Crippen LogP contribution in [0.25, 0.3) is 0 Å². The lowest BCUT2D eigenvalue weighted by molar-refractivity contribution is 0.0526. The van der Waals surface area contributed by atoms with Gasteiger partial charge in [0.25, 0.3) is 0 Å². The SMILES string of the molecule is CCOC(=O)c1ccc(NC(=S)N(Cc2cccnc2)C2CC2)cc1. The monoisotopic (exact) mass is 355 g/mol. The van der Waals surface area contributed by atoms with E-state index < -0.39 is 0 Å². The van der Waals surface area contributed by atoms with E-state index in [1.807, 2.05) is 24.4 Å². The number of thiocarbonyl (C=S) groups is 1. The van der Waals surface area contributed by atoms with Crippen molar-refractivity contribution in [1.82, 2.24) is 9.88 Å². The molecule has 1 aromatic heterocycles. The second kappa shape index (κ2) is 8.07. The minimum atomic E-state index is -0.312. The van der Waals surface area contributed by atoms with Crippen molar-refractivity contribution in [3.63, 3.8) is 0 Å². The van der Waals surface area contributed by atoms with Crippen molar-refractivity contribution >= 4 is 29.0 Å². The molecule has 2 aromatic rings. The number of nitrogens with one attached hydrogen (secondary N) is 1. The third-order valence-corrected chi connectivity index (χ3v) is 4.31. The number of nitrogens with zero attached hydrogens (tertiary/aromatic N) is 2. The number of esters is 1. The number of hydrogen-bond donors (Lipinski definition) is 1. The van der Waals surface area contributed by atoms with Crippen molar-refractivity contribution in [3.8, 4) is 0 Å². The van der Waals surface area contributed by atoms with Gasteiger partial charge >= 0.3 is 5.97 Å². The molecule has 0 saturated heterocycles. The molecule has 1 heterocycles. The molecule has 0 spiro atoms. The van der Waals surface area contributed by atoms with Gasteiger partial charge in [-0.3, -0.25) is 4.98 Å². The van der Waals surface area contributed by atoms with E-state index in [9.17, 15) is 4.79 Å². The fourth-order valence-electron chi connectivity index (χ4n) is 2.54. The predicted octanol–water partition coefficient (Wildman–Crippen LogP) is 3.62. The highest BCUT2D eigenvalue weighted by Crippen LogP contribution is 2.29. The molecule has 0 bridgehead atoms. The van der Waals surface area contributed by atoms with E-state index in [4.69, 9.17) is 17.0 Å². The summed E-state index contributed by atoms with van der Waals surface area (Å²) in [6.07, 6.45) is 5.95. The van der Waals surface area contributed by atoms with Crippen molar-refractivity contribution in [1.29, 1.82) is 0 Å². The average molecular weight is 355 g/mol. The number of benzene rings is 1. The molecular formula is C19H21N3O2S. The third-order valence-electron chi connectivity index (χ3n) is 3.97. The Morgan fingerprint density at radius 3 is 2.68 bits per heavy atom. The minimum absolute atomic E-state index is 0.312. The first-order chi connectivity index (χ1) is 12.2. The average Bonchev–Trinajstić information content (AvgIpc) is 3.46. The van der Waals surface area contributed by atoms with E-state index in [1.165, 1.54) is 0 Å². The van der Waals surface area contributed by atoms with Crippen LogP contribution in [0.2, 0.25) is 0 Å². The van der Waals surface area contributed by atoms with Crippen molar-refractivity contribution in [3.05, 3.63) is 59.9 Å². The summed E-state index contributed by atoms with van der Waals surface area (Å²) in [4.78, 5) is 18.1. The molecule has 0 aliphatic heterocycles. The van der Waals surface area contributed by atoms with Crippen LogP contribution in [-0.4, -0.2) is 33.6 Å². The second-order valence-electron chi connectivity index (χ2n) is 5.95. The van der Waals surface area contributed by atoms with Gasteiger partial charge in [0.1, 0.15) is 0 Å². The van der Waals surface area contributed by atoms with Gasteiger partial charge in [0.05, 0.1) is 12.2 Å². The number of anilines is 1. The van der Waals surface area contributed by atoms with Gasteiger partial charge in [0.15, 0.2) is 5.11 Å². The van der Waals surface area contributed by atoms with Crippen LogP contribution in [0.4, 0.5) is 5.69 Å². The molecule has 0 atom stereocenters. The Morgan fingerprint density at radius 1 is 1.32 bits per heavy atom. The first-order valence-electron chi connectivity index (χ1n) is 8.41. The Bertz CT molecular complexity index is 730. The number of hydrogen-bond acceptors (Lipinski definition) is 4. The maximum atomic E-state index is 11.7. The number of rotatable bonds is 6. The molecular weight excluding hydrogens is 334 g/mol. The molecule has 25 heavy (non-hydrogen) atoms. The highest BCUT2D eigenvalue weighted by Gasteiger charge is 2.30. The van der Waals surface area contributed by atoms with E-state index >= 15 is 0 Å². The van der Waals surface area contributed by atoms with Crippen LogP contribution in [-0.2, 0) is 11.3 Å². The zero-order chi connectivity index (χ0) is 17.6. The molecule has 5 nitrogen and oxygen atoms in total. The van der Waals surface area contributed by atoms with Gasteiger partial charge in [-0.25, -0.2) is 4.79 Å². The summed E-state index contributed by atoms with van der Waals surface area (Å²) in [5.41, 5.74) is 2.53. The lowest BCUT2D eigenvalue weighted by Gasteiger charge is -2.26. The highest BCUT2D eigenvalue weighted by molar-refractivity contribution is 7.80. The van der Waals surface area contributed by atoms with E-state index in [1.54, 1.807) is 25.3 Å². The van der Waals surface area contributed by atoms with Crippen molar-refractivity contribution in [2.75, 3.05) is 11.9 Å². The summed E-state index contributed by atoms with van der Waals surface area (Å²) < 4.78 is 4.99. The third kappa shape index (κ3) is 4.76. The summed E-state index contributed by atoms with van der Waals surface area (Å²) in [6, 6.07) is 11.6. The molecule has 1 aromatic carbocycles. The fraction of sp³-hybridized carbons (Fsp3) is 0.316. The van der Waals surface area contributed by atoms with E-state index in [0.717, 1.165) is 30.6 Å². The molecule has 1 fully saturated rings. The summed E-state index contributed by atoms with van der Waals surface area (Å²) in [5, 5.41) is 3.96. The Balaban J connectivity index is 1.64. The van der Waals surface area contributed by atoms with E-state index in [0.29, 0.717) is 23.3 Å². The largest absolute Gasteiger partial charge is 0.462 e. The minimum Gasteiger partial charge on any atom is -0.462 e. The molecule has 1 aliphatic rings. The van der Waals surface area contributed by atoms with Crippen LogP contribution < -0.4 is 5.32 Å². The molecule has 1 aliphatic carbocycles. The van der Waals surface area contributed by atoms with Gasteiger partial charge in [0.2, 0.25) is 0 Å². The van der Waals surface area contributed by atoms with Gasteiger partial charge in [-0.15, -0.1) is 0 Å². The number of carbonyl (C=O) groups excluding carboxylic acids is 1. The predicted molar refractivity (Wildman–Crippen MR) is 101 cm³/mol. The Kier molecular flexibility index (Phi) is 5.60. The maximum absolute atomic E-state index is 11.7. The molecule has 6 heteroatoms. The van der Waals surface area contributed by atoms with Crippen LogP contribution >= 0.6 is 12.2 Å². The summed E-state index contributed by atoms with van der Waals surface area (Å²) in [6.45, 7) is 2.90. The Labute approximate surface area is 153 Å². The van der Waals surface area contributed by atoms with Gasteiger partial charge in [-0.05, 0) is 67.9 Å². The maximum Gasteiger partial charge on any atom is 0.338 e. The molecule has 0 radical (unpaired) electrons. The fourth-order valence-corrected chi connectivity index (χ4v) is 2.87. The topological polar surface area (TPSA) is 54.5 Å². The first kappa shape index (κ1) is 17.4. The number of carbonyl (C=O) groups is 1. The molecule has 0 unspecified atom stereocenters. The van der Waals surface area contributed by atoms with Crippen LogP contribution in [0.1, 0.15) is 35.7 Å². The second-order valence-corrected chi connectivity index (χ2v) is 6.34. The molecule has 0 amide bonds. The van der Waals surface area contributed by atoms with Gasteiger partial charge < -0.3 is 15.0 Å². The summed E-state index contributed by atoms with van der Waals surface area (Å²) in [5.74, 6) is -0.312. The molecule has 3 rings (SSSR count). The highest BCUT2D eigenvalue weighted by atomic mass is 32.1. The van der Waals surface area contributed by atoms with Gasteiger partial charge in [-0.2, -0.15) is 0 Å². The summed E-state index contributed by atoms with van der Waals surface area (Å²) in [7, 11) is 0. The van der Waals surface area contributed by atoms with Gasteiger partial charge in [-0.1, -0.05) is 6.07 Å². The van der Waals surface area contributed by atoms with Gasteiger partial charge in [0, 0.05) is 30.7 Å². The zero-order valence-corrected chi connectivity index (χ0v) is 15.0. The first-order valence-corrected chi connectivity index (χ1v) is 8.82. The Hall–Kier alpha value is -2.47. The zero-order valence-electron chi connectivity index (χ0n) is 14.1. The van der Waals surface area contributed by atoms with Crippen LogP contribution in [0.15, 0.2) is 48.8 Å². The normalized spacial score (nSPS) is 13.2. The standard InChI is InChI=1S/C19H21N3O2S/c1-2-24-18(23)15-5-7-16(8-6-15)21-19(25)22(17-9-10-17)13-14-4-3-11-20-12-14/h3-8,11-12,17H,2,9-10,13H2,1H3,(H,21,25). The van der Waals surface area contributed by atoms with Crippen molar-refractivity contribution in [2.24, 2.45) is 0 Å². The molecule has 1 N–H and O–H groups in total. The van der Waals surface area contributed by atoms with Crippen molar-refractivity contribution in [2.45, 2.75) is 32.4 Å². The molecule has 1 saturated carbocycles. The number of ether oxygens (including phenoxy) is 1. The van der Waals surface area contributed by atoms with E-state index in [2.05, 4.69) is 21.3 Å². The van der Waals surface area contributed by atoms with E-state index in [-0.39, 0.29) is 5.97 Å². The van der Waals surface area contributed by atoms with Crippen LogP contribution in [0.3, 0.4) is 0 Å². The smallest absolute Gasteiger partial charge is 0.338 e. The quantitative estimate of drug-likeness (QED) is 0.631. The lowest BCUT2D eigenvalue weighted by Crippen LogP contribution is -2.36. The number of aromatic nitrogens is 1. The van der Waals surface area contributed by atoms with Crippen molar-refractivity contribution < 1.29 is 9.53 Å². The summed E-state index contributed by atoms with van der Waals surface area (Å²) >= 11 is 5.60.